The Morgan fingerprint density at radius 3 is 1.86 bits per heavy atom. The van der Waals surface area contributed by atoms with Crippen LogP contribution in [0, 0.1) is 5.92 Å². The molecule has 3 aliphatic rings. The summed E-state index contributed by atoms with van der Waals surface area (Å²) in [6.07, 6.45) is 2.76. The summed E-state index contributed by atoms with van der Waals surface area (Å²) >= 11 is 0. The third-order valence-corrected chi connectivity index (χ3v) is 8.32. The molecule has 2 saturated heterocycles. The van der Waals surface area contributed by atoms with Crippen LogP contribution < -0.4 is 9.47 Å². The molecule has 37 heavy (non-hydrogen) atoms. The maximum absolute atomic E-state index is 13.6. The Hall–Kier alpha value is -3.80. The number of nitrogens with zero attached hydrogens (tertiary/aromatic N) is 1. The molecule has 3 aromatic rings. The van der Waals surface area contributed by atoms with E-state index in [1.54, 1.807) is 26.4 Å². The van der Waals surface area contributed by atoms with Gasteiger partial charge in [-0.1, -0.05) is 54.6 Å². The van der Waals surface area contributed by atoms with Crippen LogP contribution in [0.25, 0.3) is 11.1 Å². The third-order valence-electron chi connectivity index (χ3n) is 8.32. The first kappa shape index (κ1) is 23.6. The van der Waals surface area contributed by atoms with Crippen LogP contribution in [0.1, 0.15) is 53.1 Å². The zero-order valence-electron chi connectivity index (χ0n) is 21.2. The van der Waals surface area contributed by atoms with Crippen LogP contribution >= 0.6 is 0 Å². The van der Waals surface area contributed by atoms with E-state index in [1.807, 2.05) is 35.2 Å². The van der Waals surface area contributed by atoms with Gasteiger partial charge in [0.1, 0.15) is 23.7 Å². The van der Waals surface area contributed by atoms with Gasteiger partial charge in [-0.2, -0.15) is 0 Å². The molecule has 0 aromatic heterocycles. The highest BCUT2D eigenvalue weighted by Gasteiger charge is 2.47. The smallest absolute Gasteiger partial charge is 0.410 e. The lowest BCUT2D eigenvalue weighted by atomic mass is 9.84. The molecule has 6 heteroatoms. The van der Waals surface area contributed by atoms with E-state index >= 15 is 0 Å². The number of carbonyl (C=O) groups is 2. The summed E-state index contributed by atoms with van der Waals surface area (Å²) in [5.74, 6) is 0.927. The van der Waals surface area contributed by atoms with Crippen molar-refractivity contribution in [2.45, 2.75) is 43.7 Å². The van der Waals surface area contributed by atoms with Crippen LogP contribution in [-0.4, -0.2) is 49.7 Å². The molecule has 2 atom stereocenters. The normalized spacial score (nSPS) is 21.8. The van der Waals surface area contributed by atoms with Crippen molar-refractivity contribution in [3.8, 4) is 22.6 Å². The molecular weight excluding hydrogens is 466 g/mol. The minimum atomic E-state index is -0.268. The van der Waals surface area contributed by atoms with E-state index in [4.69, 9.17) is 14.2 Å². The number of methoxy groups -OCH3 is 2. The number of piperidine rings is 1. The standard InChI is InChI=1S/C31H31NO5/c1-35-27-12-7-13-28(36-2)29(27)30(33)19-16-20-14-15-21(17-19)32(20)31(34)37-18-26-24-10-5-3-8-22(24)23-9-4-6-11-25(23)26/h3-13,19-21,26H,14-18H2,1-2H3. The second-order valence-corrected chi connectivity index (χ2v) is 10.2. The number of rotatable bonds is 6. The van der Waals surface area contributed by atoms with Gasteiger partial charge >= 0.3 is 6.09 Å². The van der Waals surface area contributed by atoms with Gasteiger partial charge in [0.2, 0.25) is 0 Å². The first-order valence-corrected chi connectivity index (χ1v) is 13.0. The van der Waals surface area contributed by atoms with Crippen molar-refractivity contribution in [1.82, 2.24) is 4.90 Å². The number of ketones is 1. The SMILES string of the molecule is COc1cccc(OC)c1C(=O)C1CC2CCC(C1)N2C(=O)OCC1c2ccccc2-c2ccccc21. The first-order valence-electron chi connectivity index (χ1n) is 13.0. The van der Waals surface area contributed by atoms with E-state index in [0.717, 1.165) is 12.8 Å². The van der Waals surface area contributed by atoms with Gasteiger partial charge in [-0.3, -0.25) is 4.79 Å². The predicted molar refractivity (Wildman–Crippen MR) is 140 cm³/mol. The molecule has 2 heterocycles. The van der Waals surface area contributed by atoms with Crippen molar-refractivity contribution in [2.24, 2.45) is 5.92 Å². The fraction of sp³-hybridized carbons (Fsp3) is 0.355. The van der Waals surface area contributed by atoms with Crippen molar-refractivity contribution < 1.29 is 23.8 Å². The lowest BCUT2D eigenvalue weighted by Gasteiger charge is -2.38. The molecule has 0 spiro atoms. The summed E-state index contributed by atoms with van der Waals surface area (Å²) in [4.78, 5) is 28.9. The van der Waals surface area contributed by atoms with Crippen molar-refractivity contribution >= 4 is 11.9 Å². The molecule has 0 N–H and O–H groups in total. The largest absolute Gasteiger partial charge is 0.496 e. The summed E-state index contributed by atoms with van der Waals surface area (Å²) in [7, 11) is 3.13. The number of amides is 1. The highest BCUT2D eigenvalue weighted by atomic mass is 16.6. The minimum absolute atomic E-state index is 0.00375. The molecule has 2 aliphatic heterocycles. The fourth-order valence-corrected chi connectivity index (χ4v) is 6.66. The zero-order valence-corrected chi connectivity index (χ0v) is 21.2. The Balaban J connectivity index is 1.16. The first-order chi connectivity index (χ1) is 18.1. The molecule has 3 aromatic carbocycles. The lowest BCUT2D eigenvalue weighted by molar-refractivity contribution is 0.0503. The van der Waals surface area contributed by atoms with Crippen molar-refractivity contribution in [1.29, 1.82) is 0 Å². The van der Waals surface area contributed by atoms with Crippen LogP contribution in [-0.2, 0) is 4.74 Å². The van der Waals surface area contributed by atoms with Crippen LogP contribution in [0.3, 0.4) is 0 Å². The van der Waals surface area contributed by atoms with Gasteiger partial charge in [0.05, 0.1) is 14.2 Å². The molecule has 2 fully saturated rings. The van der Waals surface area contributed by atoms with Gasteiger partial charge in [-0.05, 0) is 60.1 Å². The molecule has 190 valence electrons. The average molecular weight is 498 g/mol. The summed E-state index contributed by atoms with van der Waals surface area (Å²) in [6.45, 7) is 0.309. The van der Waals surface area contributed by atoms with Gasteiger partial charge < -0.3 is 19.1 Å². The lowest BCUT2D eigenvalue weighted by Crippen LogP contribution is -2.48. The van der Waals surface area contributed by atoms with Gasteiger partial charge in [-0.15, -0.1) is 0 Å². The third kappa shape index (κ3) is 3.95. The van der Waals surface area contributed by atoms with Crippen molar-refractivity contribution in [3.05, 3.63) is 83.4 Å². The Kier molecular flexibility index (Phi) is 6.11. The van der Waals surface area contributed by atoms with Gasteiger partial charge in [0.25, 0.3) is 0 Å². The second-order valence-electron chi connectivity index (χ2n) is 10.2. The molecule has 6 rings (SSSR count). The number of benzene rings is 3. The fourth-order valence-electron chi connectivity index (χ4n) is 6.66. The quantitative estimate of drug-likeness (QED) is 0.386. The number of hydrogen-bond acceptors (Lipinski definition) is 5. The summed E-state index contributed by atoms with van der Waals surface area (Å²) in [6, 6.07) is 22.1. The molecule has 2 unspecified atom stereocenters. The molecule has 0 saturated carbocycles. The van der Waals surface area contributed by atoms with Crippen LogP contribution in [0.4, 0.5) is 4.79 Å². The molecule has 1 aliphatic carbocycles. The topological polar surface area (TPSA) is 65.1 Å². The predicted octanol–water partition coefficient (Wildman–Crippen LogP) is 6.08. The highest BCUT2D eigenvalue weighted by molar-refractivity contribution is 6.03. The van der Waals surface area contributed by atoms with Gasteiger partial charge in [0, 0.05) is 23.9 Å². The summed E-state index contributed by atoms with van der Waals surface area (Å²) in [5, 5.41) is 0. The van der Waals surface area contributed by atoms with E-state index in [0.29, 0.717) is 36.5 Å². The van der Waals surface area contributed by atoms with Crippen molar-refractivity contribution in [2.75, 3.05) is 20.8 Å². The van der Waals surface area contributed by atoms with Crippen molar-refractivity contribution in [3.63, 3.8) is 0 Å². The van der Waals surface area contributed by atoms with E-state index in [-0.39, 0.29) is 35.8 Å². The zero-order chi connectivity index (χ0) is 25.5. The summed E-state index contributed by atoms with van der Waals surface area (Å²) < 4.78 is 16.9. The van der Waals surface area contributed by atoms with E-state index in [9.17, 15) is 9.59 Å². The maximum atomic E-state index is 13.6. The second kappa shape index (κ2) is 9.58. The molecular formula is C31H31NO5. The number of hydrogen-bond donors (Lipinski definition) is 0. The van der Waals surface area contributed by atoms with Crippen LogP contribution in [0.5, 0.6) is 11.5 Å². The maximum Gasteiger partial charge on any atom is 0.410 e. The number of fused-ring (bicyclic) bond motifs is 5. The van der Waals surface area contributed by atoms with Gasteiger partial charge in [0.15, 0.2) is 5.78 Å². The van der Waals surface area contributed by atoms with E-state index in [2.05, 4.69) is 24.3 Å². The number of Topliss-reactive ketones (excluding diaryl/α,β-unsaturated/α-hetero) is 1. The summed E-state index contributed by atoms with van der Waals surface area (Å²) in [5.41, 5.74) is 5.33. The van der Waals surface area contributed by atoms with E-state index < -0.39 is 0 Å². The Morgan fingerprint density at radius 2 is 1.32 bits per heavy atom. The highest BCUT2D eigenvalue weighted by Crippen LogP contribution is 2.46. The minimum Gasteiger partial charge on any atom is -0.496 e. The Labute approximate surface area is 217 Å². The van der Waals surface area contributed by atoms with Crippen LogP contribution in [0.15, 0.2) is 66.7 Å². The average Bonchev–Trinajstić information content (AvgIpc) is 3.41. The number of ether oxygens (including phenoxy) is 3. The number of carbonyl (C=O) groups excluding carboxylic acids is 2. The molecule has 1 amide bonds. The van der Waals surface area contributed by atoms with E-state index in [1.165, 1.54) is 22.3 Å². The monoisotopic (exact) mass is 497 g/mol. The molecule has 2 bridgehead atoms. The molecule has 6 nitrogen and oxygen atoms in total. The van der Waals surface area contributed by atoms with Crippen LogP contribution in [0.2, 0.25) is 0 Å². The Bertz CT molecular complexity index is 1270. The molecule has 0 radical (unpaired) electrons. The Morgan fingerprint density at radius 1 is 0.784 bits per heavy atom. The van der Waals surface area contributed by atoms with Gasteiger partial charge in [-0.25, -0.2) is 4.79 Å².